The van der Waals surface area contributed by atoms with Gasteiger partial charge in [0.05, 0.1) is 12.7 Å². The van der Waals surface area contributed by atoms with E-state index >= 15 is 0 Å². The number of hydrogen-bond acceptors (Lipinski definition) is 3. The van der Waals surface area contributed by atoms with E-state index in [0.717, 1.165) is 37.4 Å². The first-order chi connectivity index (χ1) is 10.7. The molecule has 1 aromatic rings. The Morgan fingerprint density at radius 1 is 1.32 bits per heavy atom. The minimum atomic E-state index is -0.0649. The highest BCUT2D eigenvalue weighted by Gasteiger charge is 2.23. The number of amides is 1. The zero-order valence-electron chi connectivity index (χ0n) is 12.8. The summed E-state index contributed by atoms with van der Waals surface area (Å²) in [5.41, 5.74) is 2.70. The van der Waals surface area contributed by atoms with Crippen molar-refractivity contribution in [2.45, 2.75) is 19.4 Å². The first-order valence-electron chi connectivity index (χ1n) is 7.81. The molecule has 1 aliphatic carbocycles. The molecule has 1 unspecified atom stereocenters. The Hall–Kier alpha value is -1.91. The molecule has 4 heteroatoms. The predicted octanol–water partition coefficient (Wildman–Crippen LogP) is 2.17. The molecule has 22 heavy (non-hydrogen) atoms. The van der Waals surface area contributed by atoms with E-state index in [9.17, 15) is 4.79 Å². The molecule has 0 radical (unpaired) electrons. The van der Waals surface area contributed by atoms with Gasteiger partial charge in [0.1, 0.15) is 0 Å². The summed E-state index contributed by atoms with van der Waals surface area (Å²) in [4.78, 5) is 12.2. The van der Waals surface area contributed by atoms with Crippen LogP contribution in [0.1, 0.15) is 22.3 Å². The van der Waals surface area contributed by atoms with Crippen molar-refractivity contribution >= 4 is 5.91 Å². The lowest BCUT2D eigenvalue weighted by Gasteiger charge is -2.30. The molecule has 0 aromatic heterocycles. The molecule has 1 aliphatic heterocycles. The van der Waals surface area contributed by atoms with Gasteiger partial charge in [-0.1, -0.05) is 29.8 Å². The summed E-state index contributed by atoms with van der Waals surface area (Å²) < 4.78 is 5.78. The highest BCUT2D eigenvalue weighted by atomic mass is 16.5. The van der Waals surface area contributed by atoms with Crippen LogP contribution in [-0.4, -0.2) is 31.7 Å². The van der Waals surface area contributed by atoms with Crippen molar-refractivity contribution < 1.29 is 9.53 Å². The number of rotatable bonds is 3. The molecule has 2 aliphatic rings. The zero-order valence-corrected chi connectivity index (χ0v) is 12.8. The maximum atomic E-state index is 12.2. The Bertz CT molecular complexity index is 584. The van der Waals surface area contributed by atoms with Gasteiger partial charge >= 0.3 is 0 Å². The quantitative estimate of drug-likeness (QED) is 0.899. The minimum Gasteiger partial charge on any atom is -0.375 e. The van der Waals surface area contributed by atoms with Crippen molar-refractivity contribution in [1.82, 2.24) is 10.6 Å². The fourth-order valence-corrected chi connectivity index (χ4v) is 2.77. The van der Waals surface area contributed by atoms with Crippen LogP contribution in [0, 0.1) is 12.8 Å². The van der Waals surface area contributed by atoms with E-state index in [4.69, 9.17) is 4.74 Å². The summed E-state index contributed by atoms with van der Waals surface area (Å²) in [6.45, 7) is 4.61. The monoisotopic (exact) mass is 298 g/mol. The van der Waals surface area contributed by atoms with Crippen molar-refractivity contribution in [3.05, 3.63) is 59.3 Å². The molecule has 1 fully saturated rings. The average molecular weight is 298 g/mol. The zero-order chi connectivity index (χ0) is 15.4. The number of benzene rings is 1. The second kappa shape index (κ2) is 6.90. The third-order valence-corrected chi connectivity index (χ3v) is 4.14. The van der Waals surface area contributed by atoms with Crippen LogP contribution in [0.15, 0.2) is 48.2 Å². The number of morpholine rings is 1. The Morgan fingerprint density at radius 3 is 2.77 bits per heavy atom. The van der Waals surface area contributed by atoms with Gasteiger partial charge in [-0.2, -0.15) is 0 Å². The number of carbonyl (C=O) groups excluding carboxylic acids is 1. The third kappa shape index (κ3) is 3.64. The molecule has 116 valence electrons. The summed E-state index contributed by atoms with van der Waals surface area (Å²) >= 11 is 0. The molecule has 4 nitrogen and oxygen atoms in total. The van der Waals surface area contributed by atoms with E-state index in [1.54, 1.807) is 0 Å². The molecule has 1 saturated heterocycles. The topological polar surface area (TPSA) is 50.4 Å². The van der Waals surface area contributed by atoms with Crippen molar-refractivity contribution in [1.29, 1.82) is 0 Å². The van der Waals surface area contributed by atoms with Crippen LogP contribution in [0.25, 0.3) is 0 Å². The van der Waals surface area contributed by atoms with Crippen LogP contribution in [0.5, 0.6) is 0 Å². The lowest BCUT2D eigenvalue weighted by molar-refractivity contribution is 0.00351. The van der Waals surface area contributed by atoms with E-state index in [-0.39, 0.29) is 12.0 Å². The first-order valence-corrected chi connectivity index (χ1v) is 7.81. The smallest absolute Gasteiger partial charge is 0.255 e. The number of hydrogen-bond donors (Lipinski definition) is 2. The fraction of sp³-hybridized carbons (Fsp3) is 0.389. The molecule has 0 spiro atoms. The number of carbonyl (C=O) groups is 1. The number of ether oxygens (including phenoxy) is 1. The molecule has 2 N–H and O–H groups in total. The van der Waals surface area contributed by atoms with Gasteiger partial charge in [0.25, 0.3) is 5.91 Å². The van der Waals surface area contributed by atoms with Gasteiger partial charge in [-0.15, -0.1) is 0 Å². The predicted molar refractivity (Wildman–Crippen MR) is 86.6 cm³/mol. The minimum absolute atomic E-state index is 0.0649. The molecule has 3 rings (SSSR count). The molecule has 1 amide bonds. The van der Waals surface area contributed by atoms with E-state index in [1.165, 1.54) is 0 Å². The Balaban J connectivity index is 1.56. The van der Waals surface area contributed by atoms with Crippen LogP contribution in [0.4, 0.5) is 0 Å². The van der Waals surface area contributed by atoms with Crippen LogP contribution < -0.4 is 10.6 Å². The average Bonchev–Trinajstić information content (AvgIpc) is 2.57. The lowest BCUT2D eigenvalue weighted by atomic mass is 9.93. The van der Waals surface area contributed by atoms with E-state index < -0.39 is 0 Å². The van der Waals surface area contributed by atoms with Crippen molar-refractivity contribution in [2.75, 3.05) is 19.7 Å². The van der Waals surface area contributed by atoms with Gasteiger partial charge in [0.15, 0.2) is 0 Å². The Kier molecular flexibility index (Phi) is 4.71. The van der Waals surface area contributed by atoms with E-state index in [2.05, 4.69) is 22.8 Å². The summed E-state index contributed by atoms with van der Waals surface area (Å²) in [7, 11) is 0. The van der Waals surface area contributed by atoms with E-state index in [0.29, 0.717) is 11.5 Å². The molecule has 2 atom stereocenters. The fourth-order valence-electron chi connectivity index (χ4n) is 2.77. The summed E-state index contributed by atoms with van der Waals surface area (Å²) in [5, 5.41) is 6.31. The highest BCUT2D eigenvalue weighted by Crippen LogP contribution is 2.21. The first kappa shape index (κ1) is 15.0. The van der Waals surface area contributed by atoms with Crippen LogP contribution in [-0.2, 0) is 4.74 Å². The largest absolute Gasteiger partial charge is 0.375 e. The van der Waals surface area contributed by atoms with Crippen LogP contribution >= 0.6 is 0 Å². The maximum Gasteiger partial charge on any atom is 0.255 e. The Labute approximate surface area is 131 Å². The molecular weight excluding hydrogens is 276 g/mol. The van der Waals surface area contributed by atoms with Gasteiger partial charge in [0, 0.05) is 30.3 Å². The number of allylic oxidation sites excluding steroid dienone is 2. The standard InChI is InChI=1S/C18H22N2O2/c1-13-2-4-15(5-3-13)18(21)20-16-8-6-14(7-9-16)17-12-19-10-11-22-17/h2-6,8-9,14,17,19H,7,10-12H2,1H3,(H,20,21)/t14?,17-/m1/s1. The third-order valence-electron chi connectivity index (χ3n) is 4.14. The highest BCUT2D eigenvalue weighted by molar-refractivity contribution is 5.95. The van der Waals surface area contributed by atoms with Crippen molar-refractivity contribution in [2.24, 2.45) is 5.92 Å². The summed E-state index contributed by atoms with van der Waals surface area (Å²) in [5.74, 6) is 0.317. The molecular formula is C18H22N2O2. The van der Waals surface area contributed by atoms with Gasteiger partial charge in [-0.3, -0.25) is 4.79 Å². The lowest BCUT2D eigenvalue weighted by Crippen LogP contribution is -2.42. The normalized spacial score (nSPS) is 24.7. The second-order valence-electron chi connectivity index (χ2n) is 5.85. The second-order valence-corrected chi connectivity index (χ2v) is 5.85. The SMILES string of the molecule is Cc1ccc(C(=O)NC2=CCC([C@H]3CNCCO3)C=C2)cc1. The molecule has 1 heterocycles. The van der Waals surface area contributed by atoms with Crippen LogP contribution in [0.2, 0.25) is 0 Å². The van der Waals surface area contributed by atoms with Crippen molar-refractivity contribution in [3.8, 4) is 0 Å². The van der Waals surface area contributed by atoms with Gasteiger partial charge in [0.2, 0.25) is 0 Å². The van der Waals surface area contributed by atoms with Crippen LogP contribution in [0.3, 0.4) is 0 Å². The Morgan fingerprint density at radius 2 is 2.14 bits per heavy atom. The van der Waals surface area contributed by atoms with Gasteiger partial charge < -0.3 is 15.4 Å². The van der Waals surface area contributed by atoms with Gasteiger partial charge in [-0.05, 0) is 31.6 Å². The number of aryl methyl sites for hydroxylation is 1. The molecule has 0 saturated carbocycles. The van der Waals surface area contributed by atoms with Gasteiger partial charge in [-0.25, -0.2) is 0 Å². The summed E-state index contributed by atoms with van der Waals surface area (Å²) in [6, 6.07) is 7.59. The maximum absolute atomic E-state index is 12.2. The number of nitrogens with one attached hydrogen (secondary N) is 2. The molecule has 0 bridgehead atoms. The molecule has 1 aromatic carbocycles. The van der Waals surface area contributed by atoms with E-state index in [1.807, 2.05) is 37.3 Å². The van der Waals surface area contributed by atoms with Crippen molar-refractivity contribution in [3.63, 3.8) is 0 Å². The summed E-state index contributed by atoms with van der Waals surface area (Å²) in [6.07, 6.45) is 7.33.